The summed E-state index contributed by atoms with van der Waals surface area (Å²) < 4.78 is 0. The van der Waals surface area contributed by atoms with Gasteiger partial charge in [-0.3, -0.25) is 9.78 Å². The van der Waals surface area contributed by atoms with Crippen molar-refractivity contribution in [2.45, 2.75) is 33.2 Å². The Kier molecular flexibility index (Phi) is 4.35. The van der Waals surface area contributed by atoms with E-state index in [4.69, 9.17) is 5.73 Å². The number of nitrogens with zero attached hydrogens (tertiary/aromatic N) is 1. The van der Waals surface area contributed by atoms with Gasteiger partial charge in [-0.25, -0.2) is 0 Å². The Bertz CT molecular complexity index is 624. The van der Waals surface area contributed by atoms with Crippen molar-refractivity contribution in [2.75, 3.05) is 5.32 Å². The minimum Gasteiger partial charge on any atom is -0.324 e. The first kappa shape index (κ1) is 14.5. The summed E-state index contributed by atoms with van der Waals surface area (Å²) in [7, 11) is 0. The van der Waals surface area contributed by atoms with Crippen LogP contribution in [0.25, 0.3) is 10.9 Å². The van der Waals surface area contributed by atoms with E-state index in [-0.39, 0.29) is 11.8 Å². The zero-order chi connectivity index (χ0) is 14.7. The fourth-order valence-electron chi connectivity index (χ4n) is 2.15. The number of carbonyl (C=O) groups is 1. The fraction of sp³-hybridized carbons (Fsp3) is 0.375. The second-order valence-corrected chi connectivity index (χ2v) is 5.23. The van der Waals surface area contributed by atoms with Gasteiger partial charge in [0.25, 0.3) is 0 Å². The molecule has 0 unspecified atom stereocenters. The molecule has 0 fully saturated rings. The SMILES string of the molecule is CC[C@H](C)[C@H](N)C(=O)Nc1ccc(C)c2ncccc12. The molecule has 0 radical (unpaired) electrons. The van der Waals surface area contributed by atoms with E-state index < -0.39 is 6.04 Å². The minimum absolute atomic E-state index is 0.145. The number of pyridine rings is 1. The summed E-state index contributed by atoms with van der Waals surface area (Å²) in [4.78, 5) is 16.5. The first-order valence-corrected chi connectivity index (χ1v) is 6.95. The number of aromatic nitrogens is 1. The molecule has 0 saturated heterocycles. The predicted molar refractivity (Wildman–Crippen MR) is 82.5 cm³/mol. The topological polar surface area (TPSA) is 68.0 Å². The van der Waals surface area contributed by atoms with E-state index in [1.54, 1.807) is 6.20 Å². The number of benzene rings is 1. The summed E-state index contributed by atoms with van der Waals surface area (Å²) in [6.07, 6.45) is 2.64. The van der Waals surface area contributed by atoms with Gasteiger partial charge in [0.2, 0.25) is 5.91 Å². The van der Waals surface area contributed by atoms with Crippen LogP contribution >= 0.6 is 0 Å². The number of fused-ring (bicyclic) bond motifs is 1. The molecule has 1 aromatic carbocycles. The Labute approximate surface area is 119 Å². The number of nitrogens with two attached hydrogens (primary N) is 1. The summed E-state index contributed by atoms with van der Waals surface area (Å²) in [5.74, 6) is 0.0122. The lowest BCUT2D eigenvalue weighted by molar-refractivity contribution is -0.118. The van der Waals surface area contributed by atoms with Gasteiger partial charge in [0.05, 0.1) is 17.2 Å². The maximum atomic E-state index is 12.2. The molecule has 0 saturated carbocycles. The van der Waals surface area contributed by atoms with Crippen LogP contribution in [-0.4, -0.2) is 16.9 Å². The van der Waals surface area contributed by atoms with Crippen molar-refractivity contribution in [1.82, 2.24) is 4.98 Å². The molecule has 0 spiro atoms. The number of carbonyl (C=O) groups excluding carboxylic acids is 1. The highest BCUT2D eigenvalue weighted by molar-refractivity contribution is 6.03. The van der Waals surface area contributed by atoms with Crippen LogP contribution in [0.5, 0.6) is 0 Å². The molecule has 2 atom stereocenters. The molecule has 0 aliphatic rings. The number of anilines is 1. The number of amides is 1. The molecule has 20 heavy (non-hydrogen) atoms. The molecular weight excluding hydrogens is 250 g/mol. The number of hydrogen-bond donors (Lipinski definition) is 2. The first-order chi connectivity index (χ1) is 9.54. The van der Waals surface area contributed by atoms with Crippen LogP contribution in [0.2, 0.25) is 0 Å². The van der Waals surface area contributed by atoms with Gasteiger partial charge >= 0.3 is 0 Å². The molecule has 3 N–H and O–H groups in total. The van der Waals surface area contributed by atoms with E-state index in [1.165, 1.54) is 0 Å². The Hall–Kier alpha value is -1.94. The van der Waals surface area contributed by atoms with Crippen LogP contribution < -0.4 is 11.1 Å². The predicted octanol–water partition coefficient (Wildman–Crippen LogP) is 2.86. The van der Waals surface area contributed by atoms with E-state index in [1.807, 2.05) is 45.0 Å². The summed E-state index contributed by atoms with van der Waals surface area (Å²) in [6, 6.07) is 7.19. The maximum Gasteiger partial charge on any atom is 0.241 e. The normalized spacial score (nSPS) is 14.0. The van der Waals surface area contributed by atoms with Crippen molar-refractivity contribution in [1.29, 1.82) is 0 Å². The van der Waals surface area contributed by atoms with Gasteiger partial charge in [-0.2, -0.15) is 0 Å². The lowest BCUT2D eigenvalue weighted by Crippen LogP contribution is -2.40. The van der Waals surface area contributed by atoms with Gasteiger partial charge in [-0.05, 0) is 36.6 Å². The molecule has 4 heteroatoms. The molecule has 1 heterocycles. The minimum atomic E-state index is -0.493. The zero-order valence-electron chi connectivity index (χ0n) is 12.2. The monoisotopic (exact) mass is 271 g/mol. The van der Waals surface area contributed by atoms with Crippen LogP contribution in [-0.2, 0) is 4.79 Å². The van der Waals surface area contributed by atoms with Crippen molar-refractivity contribution in [3.8, 4) is 0 Å². The number of nitrogens with one attached hydrogen (secondary N) is 1. The third kappa shape index (κ3) is 2.80. The Balaban J connectivity index is 2.31. The molecule has 1 aromatic heterocycles. The molecule has 1 amide bonds. The zero-order valence-corrected chi connectivity index (χ0v) is 12.2. The van der Waals surface area contributed by atoms with E-state index in [2.05, 4.69) is 10.3 Å². The summed E-state index contributed by atoms with van der Waals surface area (Å²) in [6.45, 7) is 6.02. The Morgan fingerprint density at radius 1 is 1.40 bits per heavy atom. The van der Waals surface area contributed by atoms with Gasteiger partial charge < -0.3 is 11.1 Å². The highest BCUT2D eigenvalue weighted by Crippen LogP contribution is 2.24. The van der Waals surface area contributed by atoms with E-state index >= 15 is 0 Å². The Morgan fingerprint density at radius 3 is 2.85 bits per heavy atom. The molecule has 106 valence electrons. The van der Waals surface area contributed by atoms with Crippen LogP contribution in [0, 0.1) is 12.8 Å². The lowest BCUT2D eigenvalue weighted by atomic mass is 9.99. The van der Waals surface area contributed by atoms with Gasteiger partial charge in [0.1, 0.15) is 0 Å². The number of aryl methyl sites for hydroxylation is 1. The molecular formula is C16H21N3O. The Morgan fingerprint density at radius 2 is 2.15 bits per heavy atom. The fourth-order valence-corrected chi connectivity index (χ4v) is 2.15. The molecule has 0 aliphatic heterocycles. The molecule has 2 aromatic rings. The van der Waals surface area contributed by atoms with Crippen molar-refractivity contribution in [3.63, 3.8) is 0 Å². The van der Waals surface area contributed by atoms with E-state index in [0.717, 1.165) is 28.6 Å². The van der Waals surface area contributed by atoms with Crippen LogP contribution in [0.3, 0.4) is 0 Å². The molecule has 2 rings (SSSR count). The summed E-state index contributed by atoms with van der Waals surface area (Å²) >= 11 is 0. The largest absolute Gasteiger partial charge is 0.324 e. The molecule has 0 aliphatic carbocycles. The van der Waals surface area contributed by atoms with Crippen LogP contribution in [0.4, 0.5) is 5.69 Å². The van der Waals surface area contributed by atoms with E-state index in [0.29, 0.717) is 0 Å². The van der Waals surface area contributed by atoms with Gasteiger partial charge in [-0.15, -0.1) is 0 Å². The van der Waals surface area contributed by atoms with Gasteiger partial charge in [0, 0.05) is 11.6 Å². The number of hydrogen-bond acceptors (Lipinski definition) is 3. The van der Waals surface area contributed by atoms with Crippen LogP contribution in [0.1, 0.15) is 25.8 Å². The molecule has 0 bridgehead atoms. The van der Waals surface area contributed by atoms with Crippen molar-refractivity contribution in [2.24, 2.45) is 11.7 Å². The van der Waals surface area contributed by atoms with Crippen molar-refractivity contribution in [3.05, 3.63) is 36.0 Å². The quantitative estimate of drug-likeness (QED) is 0.898. The van der Waals surface area contributed by atoms with Gasteiger partial charge in [-0.1, -0.05) is 26.3 Å². The maximum absolute atomic E-state index is 12.2. The third-order valence-electron chi connectivity index (χ3n) is 3.79. The molecule has 4 nitrogen and oxygen atoms in total. The highest BCUT2D eigenvalue weighted by atomic mass is 16.2. The summed E-state index contributed by atoms with van der Waals surface area (Å²) in [5.41, 5.74) is 8.72. The van der Waals surface area contributed by atoms with Gasteiger partial charge in [0.15, 0.2) is 0 Å². The smallest absolute Gasteiger partial charge is 0.241 e. The highest BCUT2D eigenvalue weighted by Gasteiger charge is 2.20. The van der Waals surface area contributed by atoms with Crippen molar-refractivity contribution >= 4 is 22.5 Å². The van der Waals surface area contributed by atoms with E-state index in [9.17, 15) is 4.79 Å². The second-order valence-electron chi connectivity index (χ2n) is 5.23. The average Bonchev–Trinajstić information content (AvgIpc) is 2.48. The summed E-state index contributed by atoms with van der Waals surface area (Å²) in [5, 5.41) is 3.87. The standard InChI is InChI=1S/C16H21N3O/c1-4-10(2)14(17)16(20)19-13-8-7-11(3)15-12(13)6-5-9-18-15/h5-10,14H,4,17H2,1-3H3,(H,19,20)/t10-,14-/m0/s1. The third-order valence-corrected chi connectivity index (χ3v) is 3.79. The number of rotatable bonds is 4. The van der Waals surface area contributed by atoms with Crippen molar-refractivity contribution < 1.29 is 4.79 Å². The lowest BCUT2D eigenvalue weighted by Gasteiger charge is -2.18. The second kappa shape index (κ2) is 6.01. The average molecular weight is 271 g/mol. The first-order valence-electron chi connectivity index (χ1n) is 6.95. The van der Waals surface area contributed by atoms with Crippen LogP contribution in [0.15, 0.2) is 30.5 Å².